The number of rotatable bonds is 7. The highest BCUT2D eigenvalue weighted by Gasteiger charge is 2.29. The number of para-hydroxylation sites is 1. The number of methoxy groups -OCH3 is 1. The van der Waals surface area contributed by atoms with Crippen molar-refractivity contribution in [2.45, 2.75) is 25.5 Å². The highest BCUT2D eigenvalue weighted by Crippen LogP contribution is 2.40. The van der Waals surface area contributed by atoms with Crippen LogP contribution < -0.4 is 15.0 Å². The summed E-state index contributed by atoms with van der Waals surface area (Å²) < 4.78 is 25.8. The molecule has 0 fully saturated rings. The van der Waals surface area contributed by atoms with Gasteiger partial charge in [0.1, 0.15) is 6.10 Å². The van der Waals surface area contributed by atoms with Crippen LogP contribution in [-0.4, -0.2) is 32.3 Å². The summed E-state index contributed by atoms with van der Waals surface area (Å²) in [5.74, 6) is -0.574. The molecule has 4 aromatic rings. The van der Waals surface area contributed by atoms with E-state index in [1.165, 1.54) is 29.5 Å². The van der Waals surface area contributed by atoms with Gasteiger partial charge in [-0.1, -0.05) is 54.6 Å². The van der Waals surface area contributed by atoms with Crippen LogP contribution in [-0.2, 0) is 4.74 Å². The Labute approximate surface area is 210 Å². The number of fused-ring (bicyclic) bond motifs is 2. The molecular weight excluding hydrogens is 455 g/mol. The summed E-state index contributed by atoms with van der Waals surface area (Å²) in [5, 5.41) is 6.07. The highest BCUT2D eigenvalue weighted by atomic mass is 19.1. The summed E-state index contributed by atoms with van der Waals surface area (Å²) in [6, 6.07) is 27.0. The first-order valence-corrected chi connectivity index (χ1v) is 12.2. The molecule has 0 saturated heterocycles. The molecular formula is C30H29FN2O3. The fraction of sp³-hybridized carbons (Fsp3) is 0.233. The predicted octanol–water partition coefficient (Wildman–Crippen LogP) is 6.41. The second kappa shape index (κ2) is 10.4. The maximum atomic E-state index is 14.8. The summed E-state index contributed by atoms with van der Waals surface area (Å²) in [6.07, 6.45) is 0.458. The molecule has 0 amide bonds. The zero-order valence-electron chi connectivity index (χ0n) is 20.4. The Bertz CT molecular complexity index is 1380. The van der Waals surface area contributed by atoms with Crippen LogP contribution in [0.5, 0.6) is 5.75 Å². The fourth-order valence-corrected chi connectivity index (χ4v) is 4.84. The van der Waals surface area contributed by atoms with Gasteiger partial charge in [-0.15, -0.1) is 0 Å². The molecule has 36 heavy (non-hydrogen) atoms. The number of hydrogen-bond donors (Lipinski definition) is 1. The molecule has 0 radical (unpaired) electrons. The average Bonchev–Trinajstić information content (AvgIpc) is 2.92. The predicted molar refractivity (Wildman–Crippen MR) is 141 cm³/mol. The van der Waals surface area contributed by atoms with Gasteiger partial charge in [0.2, 0.25) is 0 Å². The Morgan fingerprint density at radius 3 is 2.72 bits per heavy atom. The number of nitrogens with zero attached hydrogens (tertiary/aromatic N) is 1. The quantitative estimate of drug-likeness (QED) is 0.308. The zero-order chi connectivity index (χ0) is 25.1. The number of nitrogens with one attached hydrogen (secondary N) is 1. The van der Waals surface area contributed by atoms with E-state index >= 15 is 0 Å². The van der Waals surface area contributed by atoms with Crippen molar-refractivity contribution in [1.29, 1.82) is 0 Å². The highest BCUT2D eigenvalue weighted by molar-refractivity contribution is 5.91. The number of esters is 1. The summed E-state index contributed by atoms with van der Waals surface area (Å²) >= 11 is 0. The van der Waals surface area contributed by atoms with Gasteiger partial charge in [0.05, 0.1) is 24.9 Å². The van der Waals surface area contributed by atoms with E-state index in [0.717, 1.165) is 5.69 Å². The molecule has 0 bridgehead atoms. The molecule has 0 spiro atoms. The molecule has 5 nitrogen and oxygen atoms in total. The molecule has 1 aliphatic rings. The van der Waals surface area contributed by atoms with E-state index in [9.17, 15) is 9.18 Å². The standard InChI is InChI=1S/C30H29FN2O3/c1-20(25-13-6-9-21-8-3-4-12-26(21)25)32-17-16-24-19-33(28-15-7-14-27(31)29(28)36-24)23-11-5-10-22(18-23)30(34)35-2/h3-15,18,20,24,32H,16-17,19H2,1-2H3. The monoisotopic (exact) mass is 484 g/mol. The summed E-state index contributed by atoms with van der Waals surface area (Å²) in [4.78, 5) is 14.1. The molecule has 1 aliphatic heterocycles. The minimum atomic E-state index is -0.409. The lowest BCUT2D eigenvalue weighted by atomic mass is 9.99. The third-order valence-electron chi connectivity index (χ3n) is 6.69. The molecule has 0 saturated carbocycles. The van der Waals surface area contributed by atoms with E-state index in [1.807, 2.05) is 23.1 Å². The Balaban J connectivity index is 1.33. The van der Waals surface area contributed by atoms with Crippen LogP contribution in [0.3, 0.4) is 0 Å². The van der Waals surface area contributed by atoms with Gasteiger partial charge < -0.3 is 19.7 Å². The molecule has 0 aliphatic carbocycles. The van der Waals surface area contributed by atoms with Crippen LogP contribution in [0.2, 0.25) is 0 Å². The minimum Gasteiger partial charge on any atom is -0.483 e. The third kappa shape index (κ3) is 4.77. The van der Waals surface area contributed by atoms with Crippen molar-refractivity contribution in [3.63, 3.8) is 0 Å². The van der Waals surface area contributed by atoms with Crippen LogP contribution in [0.15, 0.2) is 84.9 Å². The van der Waals surface area contributed by atoms with Crippen LogP contribution in [0.1, 0.15) is 35.3 Å². The first-order chi connectivity index (χ1) is 17.5. The van der Waals surface area contributed by atoms with E-state index in [4.69, 9.17) is 9.47 Å². The second-order valence-corrected chi connectivity index (χ2v) is 9.01. The Morgan fingerprint density at radius 1 is 1.08 bits per heavy atom. The van der Waals surface area contributed by atoms with Crippen LogP contribution in [0.25, 0.3) is 10.8 Å². The summed E-state index contributed by atoms with van der Waals surface area (Å²) in [5.41, 5.74) is 3.12. The number of carbonyl (C=O) groups is 1. The van der Waals surface area contributed by atoms with Gasteiger partial charge in [0, 0.05) is 11.7 Å². The molecule has 2 unspecified atom stereocenters. The fourth-order valence-electron chi connectivity index (χ4n) is 4.84. The van der Waals surface area contributed by atoms with Crippen LogP contribution >= 0.6 is 0 Å². The maximum absolute atomic E-state index is 14.8. The molecule has 1 heterocycles. The molecule has 6 heteroatoms. The van der Waals surface area contributed by atoms with Crippen LogP contribution in [0, 0.1) is 5.82 Å². The number of ether oxygens (including phenoxy) is 2. The lowest BCUT2D eigenvalue weighted by Gasteiger charge is -2.36. The van der Waals surface area contributed by atoms with Crippen molar-refractivity contribution >= 4 is 28.1 Å². The maximum Gasteiger partial charge on any atom is 0.337 e. The van der Waals surface area contributed by atoms with Crippen molar-refractivity contribution in [3.05, 3.63) is 102 Å². The molecule has 2 atom stereocenters. The van der Waals surface area contributed by atoms with Gasteiger partial charge in [0.25, 0.3) is 0 Å². The SMILES string of the molecule is COC(=O)c1cccc(N2CC(CCNC(C)c3cccc4ccccc34)Oc3c(F)cccc32)c1. The van der Waals surface area contributed by atoms with Gasteiger partial charge in [-0.25, -0.2) is 9.18 Å². The topological polar surface area (TPSA) is 50.8 Å². The van der Waals surface area contributed by atoms with Gasteiger partial charge in [-0.05, 0) is 66.6 Å². The first-order valence-electron chi connectivity index (χ1n) is 12.2. The lowest BCUT2D eigenvalue weighted by Crippen LogP contribution is -2.39. The van der Waals surface area contributed by atoms with E-state index in [1.54, 1.807) is 24.3 Å². The van der Waals surface area contributed by atoms with E-state index in [0.29, 0.717) is 30.8 Å². The third-order valence-corrected chi connectivity index (χ3v) is 6.69. The number of anilines is 2. The normalized spacial score (nSPS) is 15.8. The minimum absolute atomic E-state index is 0.150. The average molecular weight is 485 g/mol. The lowest BCUT2D eigenvalue weighted by molar-refractivity contribution is 0.0600. The van der Waals surface area contributed by atoms with Gasteiger partial charge in [-0.3, -0.25) is 0 Å². The molecule has 1 N–H and O–H groups in total. The molecule has 4 aromatic carbocycles. The van der Waals surface area contributed by atoms with Crippen molar-refractivity contribution in [1.82, 2.24) is 5.32 Å². The molecule has 0 aromatic heterocycles. The summed E-state index contributed by atoms with van der Waals surface area (Å²) in [6.45, 7) is 3.39. The number of carbonyl (C=O) groups excluding carboxylic acids is 1. The second-order valence-electron chi connectivity index (χ2n) is 9.01. The van der Waals surface area contributed by atoms with Gasteiger partial charge in [0.15, 0.2) is 11.6 Å². The Kier molecular flexibility index (Phi) is 6.87. The van der Waals surface area contributed by atoms with E-state index in [2.05, 4.69) is 48.6 Å². The summed E-state index contributed by atoms with van der Waals surface area (Å²) in [7, 11) is 1.36. The Morgan fingerprint density at radius 2 is 1.86 bits per heavy atom. The Hall–Kier alpha value is -3.90. The largest absolute Gasteiger partial charge is 0.483 e. The van der Waals surface area contributed by atoms with Crippen molar-refractivity contribution in [2.24, 2.45) is 0 Å². The number of hydrogen-bond acceptors (Lipinski definition) is 5. The van der Waals surface area contributed by atoms with Gasteiger partial charge >= 0.3 is 5.97 Å². The van der Waals surface area contributed by atoms with Crippen molar-refractivity contribution < 1.29 is 18.7 Å². The van der Waals surface area contributed by atoms with E-state index < -0.39 is 11.8 Å². The van der Waals surface area contributed by atoms with E-state index in [-0.39, 0.29) is 17.9 Å². The van der Waals surface area contributed by atoms with Crippen molar-refractivity contribution in [2.75, 3.05) is 25.1 Å². The molecule has 184 valence electrons. The van der Waals surface area contributed by atoms with Crippen LogP contribution in [0.4, 0.5) is 15.8 Å². The zero-order valence-corrected chi connectivity index (χ0v) is 20.4. The number of benzene rings is 4. The first kappa shape index (κ1) is 23.8. The smallest absolute Gasteiger partial charge is 0.337 e. The van der Waals surface area contributed by atoms with Crippen molar-refractivity contribution in [3.8, 4) is 5.75 Å². The number of halogens is 1. The molecule has 5 rings (SSSR count). The van der Waals surface area contributed by atoms with Gasteiger partial charge in [-0.2, -0.15) is 0 Å².